The van der Waals surface area contributed by atoms with Gasteiger partial charge in [0, 0.05) is 11.1 Å². The van der Waals surface area contributed by atoms with Crippen molar-refractivity contribution in [1.29, 1.82) is 0 Å². The number of hydrogen-bond donors (Lipinski definition) is 0. The van der Waals surface area contributed by atoms with Gasteiger partial charge in [0.25, 0.3) is 0 Å². The van der Waals surface area contributed by atoms with Gasteiger partial charge in [0.2, 0.25) is 0 Å². The van der Waals surface area contributed by atoms with Crippen molar-refractivity contribution < 1.29 is 22.6 Å². The molecule has 2 aliphatic rings. The molecular weight excluding hydrogens is 437 g/mol. The van der Waals surface area contributed by atoms with Crippen LogP contribution < -0.4 is 4.74 Å². The first kappa shape index (κ1) is 23.0. The second-order valence-electron chi connectivity index (χ2n) is 9.44. The fourth-order valence-corrected chi connectivity index (χ4v) is 5.01. The number of hydrogen-bond acceptors (Lipinski definition) is 2. The number of ether oxygens (including phenoxy) is 2. The largest absolute Gasteiger partial charge is 0.489 e. The van der Waals surface area contributed by atoms with Gasteiger partial charge < -0.3 is 9.47 Å². The molecule has 0 amide bonds. The number of halogens is 3. The van der Waals surface area contributed by atoms with Crippen molar-refractivity contribution in [3.63, 3.8) is 0 Å². The Morgan fingerprint density at radius 1 is 0.882 bits per heavy atom. The minimum atomic E-state index is -0.825. The van der Waals surface area contributed by atoms with Crippen molar-refractivity contribution in [2.24, 2.45) is 5.92 Å². The van der Waals surface area contributed by atoms with E-state index in [0.717, 1.165) is 37.7 Å². The predicted molar refractivity (Wildman–Crippen MR) is 126 cm³/mol. The van der Waals surface area contributed by atoms with E-state index in [9.17, 15) is 13.2 Å². The van der Waals surface area contributed by atoms with Crippen LogP contribution in [0.25, 0.3) is 11.1 Å². The summed E-state index contributed by atoms with van der Waals surface area (Å²) in [6.07, 6.45) is 5.13. The Bertz CT molecular complexity index is 1150. The third-order valence-corrected chi connectivity index (χ3v) is 7.31. The molecule has 2 nitrogen and oxygen atoms in total. The molecule has 0 spiro atoms. The molecule has 5 heteroatoms. The van der Waals surface area contributed by atoms with Crippen LogP contribution in [0.2, 0.25) is 0 Å². The van der Waals surface area contributed by atoms with Crippen molar-refractivity contribution in [3.05, 3.63) is 88.7 Å². The minimum Gasteiger partial charge on any atom is -0.489 e. The van der Waals surface area contributed by atoms with E-state index < -0.39 is 11.6 Å². The summed E-state index contributed by atoms with van der Waals surface area (Å²) in [4.78, 5) is 0. The van der Waals surface area contributed by atoms with Crippen LogP contribution in [0.5, 0.6) is 5.75 Å². The molecule has 3 aromatic carbocycles. The maximum absolute atomic E-state index is 14.8. The maximum atomic E-state index is 14.8. The summed E-state index contributed by atoms with van der Waals surface area (Å²) >= 11 is 0. The molecule has 1 saturated carbocycles. The minimum absolute atomic E-state index is 0.00899. The summed E-state index contributed by atoms with van der Waals surface area (Å²) in [5, 5.41) is 0. The molecule has 178 valence electrons. The summed E-state index contributed by atoms with van der Waals surface area (Å²) < 4.78 is 55.0. The Hall–Kier alpha value is -2.79. The number of benzene rings is 3. The molecule has 1 atom stereocenters. The first-order valence-corrected chi connectivity index (χ1v) is 12.1. The van der Waals surface area contributed by atoms with Crippen LogP contribution in [0.3, 0.4) is 0 Å². The van der Waals surface area contributed by atoms with Gasteiger partial charge in [-0.05, 0) is 72.4 Å². The topological polar surface area (TPSA) is 21.8 Å². The fraction of sp³-hybridized carbons (Fsp3) is 0.379. The van der Waals surface area contributed by atoms with Gasteiger partial charge in [-0.2, -0.15) is 0 Å². The lowest BCUT2D eigenvalue weighted by molar-refractivity contribution is 0.294. The van der Waals surface area contributed by atoms with Crippen molar-refractivity contribution in [2.45, 2.75) is 57.7 Å². The zero-order valence-electron chi connectivity index (χ0n) is 19.3. The summed E-state index contributed by atoms with van der Waals surface area (Å²) in [6, 6.07) is 15.4. The predicted octanol–water partition coefficient (Wildman–Crippen LogP) is 8.11. The van der Waals surface area contributed by atoms with E-state index in [1.54, 1.807) is 42.5 Å². The highest BCUT2D eigenvalue weighted by Gasteiger charge is 2.26. The zero-order chi connectivity index (χ0) is 23.7. The second kappa shape index (κ2) is 9.83. The van der Waals surface area contributed by atoms with Crippen LogP contribution in [0.1, 0.15) is 67.7 Å². The van der Waals surface area contributed by atoms with Gasteiger partial charge in [-0.1, -0.05) is 49.7 Å². The fourth-order valence-electron chi connectivity index (χ4n) is 5.01. The second-order valence-corrected chi connectivity index (χ2v) is 9.44. The van der Waals surface area contributed by atoms with Crippen LogP contribution >= 0.6 is 0 Å². The molecule has 0 aromatic heterocycles. The molecule has 0 bridgehead atoms. The average Bonchev–Trinajstić information content (AvgIpc) is 3.71. The van der Waals surface area contributed by atoms with Crippen LogP contribution in [-0.2, 0) is 11.3 Å². The molecule has 1 aliphatic heterocycles. The van der Waals surface area contributed by atoms with Crippen molar-refractivity contribution in [2.75, 3.05) is 6.61 Å². The molecular formula is C29H29F3O2. The van der Waals surface area contributed by atoms with Gasteiger partial charge in [-0.3, -0.25) is 0 Å². The number of rotatable bonds is 7. The lowest BCUT2D eigenvalue weighted by Crippen LogP contribution is -2.15. The van der Waals surface area contributed by atoms with E-state index in [1.807, 2.05) is 6.07 Å². The Labute approximate surface area is 198 Å². The summed E-state index contributed by atoms with van der Waals surface area (Å²) in [6.45, 7) is 2.75. The normalized spacial score (nSPS) is 21.9. The van der Waals surface area contributed by atoms with Crippen LogP contribution in [0.15, 0.2) is 54.6 Å². The molecule has 1 aliphatic carbocycles. The van der Waals surface area contributed by atoms with Gasteiger partial charge in [-0.25, -0.2) is 13.2 Å². The lowest BCUT2D eigenvalue weighted by Gasteiger charge is -2.28. The summed E-state index contributed by atoms with van der Waals surface area (Å²) in [7, 11) is 0. The first-order chi connectivity index (χ1) is 16.5. The monoisotopic (exact) mass is 466 g/mol. The van der Waals surface area contributed by atoms with E-state index in [4.69, 9.17) is 9.47 Å². The molecule has 1 heterocycles. The van der Waals surface area contributed by atoms with Gasteiger partial charge >= 0.3 is 0 Å². The average molecular weight is 467 g/mol. The Morgan fingerprint density at radius 2 is 1.62 bits per heavy atom. The van der Waals surface area contributed by atoms with E-state index in [0.29, 0.717) is 35.0 Å². The number of epoxide rings is 1. The van der Waals surface area contributed by atoms with Crippen molar-refractivity contribution in [1.82, 2.24) is 0 Å². The molecule has 1 unspecified atom stereocenters. The van der Waals surface area contributed by atoms with Crippen LogP contribution in [-0.4, -0.2) is 6.61 Å². The summed E-state index contributed by atoms with van der Waals surface area (Å²) in [5.74, 6) is -0.570. The molecule has 1 saturated heterocycles. The van der Waals surface area contributed by atoms with Gasteiger partial charge in [0.05, 0.1) is 6.61 Å². The Kier molecular flexibility index (Phi) is 6.64. The zero-order valence-corrected chi connectivity index (χ0v) is 19.3. The third kappa shape index (κ3) is 4.85. The smallest absolute Gasteiger partial charge is 0.165 e. The molecule has 34 heavy (non-hydrogen) atoms. The molecule has 0 N–H and O–H groups in total. The van der Waals surface area contributed by atoms with E-state index >= 15 is 0 Å². The van der Waals surface area contributed by atoms with Crippen LogP contribution in [0, 0.1) is 23.4 Å². The van der Waals surface area contributed by atoms with E-state index in [-0.39, 0.29) is 30.0 Å². The third-order valence-electron chi connectivity index (χ3n) is 7.31. The molecule has 3 aromatic rings. The quantitative estimate of drug-likeness (QED) is 0.328. The van der Waals surface area contributed by atoms with Gasteiger partial charge in [-0.15, -0.1) is 0 Å². The highest BCUT2D eigenvalue weighted by atomic mass is 19.2. The van der Waals surface area contributed by atoms with Gasteiger partial charge in [0.15, 0.2) is 11.6 Å². The Balaban J connectivity index is 1.23. The highest BCUT2D eigenvalue weighted by molar-refractivity contribution is 5.65. The standard InChI is InChI=1S/C29H29F3O2/c1-2-18-3-5-20(6-4-18)25-14-10-22(28(31)29(25)32)16-33-23-11-7-19(8-12-23)24-13-9-21(15-26(24)30)27-17-34-27/h7-15,18,20,27H,2-6,16-17H2,1H3. The molecule has 2 fully saturated rings. The molecule has 0 radical (unpaired) electrons. The Morgan fingerprint density at radius 3 is 2.26 bits per heavy atom. The van der Waals surface area contributed by atoms with E-state index in [1.165, 1.54) is 6.07 Å². The van der Waals surface area contributed by atoms with Gasteiger partial charge in [0.1, 0.15) is 24.3 Å². The maximum Gasteiger partial charge on any atom is 0.165 e. The highest BCUT2D eigenvalue weighted by Crippen LogP contribution is 2.39. The van der Waals surface area contributed by atoms with Crippen molar-refractivity contribution >= 4 is 0 Å². The van der Waals surface area contributed by atoms with Crippen LogP contribution in [0.4, 0.5) is 13.2 Å². The van der Waals surface area contributed by atoms with Crippen molar-refractivity contribution in [3.8, 4) is 16.9 Å². The molecule has 5 rings (SSSR count). The summed E-state index contributed by atoms with van der Waals surface area (Å²) in [5.41, 5.74) is 2.73. The first-order valence-electron chi connectivity index (χ1n) is 12.1. The lowest BCUT2D eigenvalue weighted by atomic mass is 9.77. The van der Waals surface area contributed by atoms with E-state index in [2.05, 4.69) is 6.92 Å². The SMILES string of the molecule is CCC1CCC(c2ccc(COc3ccc(-c4ccc(C5CO5)cc4F)cc3)c(F)c2F)CC1.